The Bertz CT molecular complexity index is 8.00. The van der Waals surface area contributed by atoms with E-state index < -0.39 is 0 Å². The summed E-state index contributed by atoms with van der Waals surface area (Å²) in [6, 6.07) is 0. The number of hydrogen-bond acceptors (Lipinski definition) is 1. The molecule has 0 amide bonds. The maximum absolute atomic E-state index is 4.83. The first kappa shape index (κ1) is 9.13. The van der Waals surface area contributed by atoms with E-state index in [0.717, 1.165) is 4.55 Å². The molecule has 0 rings (SSSR count). The van der Waals surface area contributed by atoms with Crippen LogP contribution in [0.15, 0.2) is 0 Å². The fourth-order valence-corrected chi connectivity index (χ4v) is 0. The standard InChI is InChI=1S/CH4IN.Bi.3H/c2-1-3;;;;/h1,3H2;;;;. The molecule has 3 heteroatoms. The molecule has 0 unspecified atom stereocenters. The van der Waals surface area contributed by atoms with Crippen molar-refractivity contribution in [1.29, 1.82) is 0 Å². The Labute approximate surface area is 58.6 Å². The van der Waals surface area contributed by atoms with Crippen LogP contribution >= 0.6 is 22.6 Å². The molecule has 28 valence electrons. The second kappa shape index (κ2) is 8.82. The second-order valence-electron chi connectivity index (χ2n) is 0.154. The monoisotopic (exact) mass is 369 g/mol. The summed E-state index contributed by atoms with van der Waals surface area (Å²) in [6.07, 6.45) is 0. The van der Waals surface area contributed by atoms with Gasteiger partial charge in [0.15, 0.2) is 0 Å². The molecule has 1 nitrogen and oxygen atoms in total. The summed E-state index contributed by atoms with van der Waals surface area (Å²) in [5, 5.41) is 0. The third-order valence-corrected chi connectivity index (χ3v) is 0. The van der Waals surface area contributed by atoms with Crippen molar-refractivity contribution in [2.75, 3.05) is 4.55 Å². The number of rotatable bonds is 0. The molecular weight excluding hydrogens is 362 g/mol. The molecule has 0 atom stereocenters. The van der Waals surface area contributed by atoms with Crippen molar-refractivity contribution in [3.8, 4) is 0 Å². The average molecular weight is 369 g/mol. The van der Waals surface area contributed by atoms with Gasteiger partial charge in [-0.25, -0.2) is 0 Å². The predicted octanol–water partition coefficient (Wildman–Crippen LogP) is -0.846. The van der Waals surface area contributed by atoms with E-state index in [2.05, 4.69) is 22.6 Å². The van der Waals surface area contributed by atoms with E-state index in [1.165, 1.54) is 0 Å². The van der Waals surface area contributed by atoms with Crippen LogP contribution in [0.4, 0.5) is 0 Å². The van der Waals surface area contributed by atoms with Gasteiger partial charge in [0.25, 0.3) is 0 Å². The van der Waals surface area contributed by atoms with Crippen molar-refractivity contribution in [1.82, 2.24) is 0 Å². The molecule has 0 aliphatic rings. The first-order valence-electron chi connectivity index (χ1n) is 0.676. The van der Waals surface area contributed by atoms with Gasteiger partial charge in [-0.1, -0.05) is 22.6 Å². The molecule has 0 aromatic rings. The topological polar surface area (TPSA) is 26.0 Å². The average Bonchev–Trinajstić information content (AvgIpc) is 0.918. The van der Waals surface area contributed by atoms with Gasteiger partial charge in [0, 0.05) is 4.55 Å². The summed E-state index contributed by atoms with van der Waals surface area (Å²) in [7, 11) is 0. The summed E-state index contributed by atoms with van der Waals surface area (Å²) in [6.45, 7) is 0. The number of halogens is 1. The van der Waals surface area contributed by atoms with E-state index in [9.17, 15) is 0 Å². The minimum absolute atomic E-state index is 0. The first-order valence-corrected chi connectivity index (χ1v) is 2.20. The second-order valence-corrected chi connectivity index (χ2v) is 1.04. The van der Waals surface area contributed by atoms with Gasteiger partial charge in [0.1, 0.15) is 0 Å². The Balaban J connectivity index is 0. The Morgan fingerprint density at radius 1 is 1.75 bits per heavy atom. The van der Waals surface area contributed by atoms with Crippen molar-refractivity contribution in [2.45, 2.75) is 0 Å². The van der Waals surface area contributed by atoms with Gasteiger partial charge in [-0.05, 0) is 0 Å². The van der Waals surface area contributed by atoms with Gasteiger partial charge in [0.2, 0.25) is 0 Å². The van der Waals surface area contributed by atoms with Crippen molar-refractivity contribution in [2.24, 2.45) is 5.73 Å². The van der Waals surface area contributed by atoms with Crippen molar-refractivity contribution in [3.63, 3.8) is 0 Å². The zero-order chi connectivity index (χ0) is 2.71. The number of nitrogens with two attached hydrogens (primary N) is 1. The van der Waals surface area contributed by atoms with Crippen LogP contribution in [0.5, 0.6) is 0 Å². The molecule has 0 fully saturated rings. The fraction of sp³-hybridized carbons (Fsp3) is 1.00. The summed E-state index contributed by atoms with van der Waals surface area (Å²) < 4.78 is 0.720. The molecule has 0 spiro atoms. The van der Waals surface area contributed by atoms with E-state index >= 15 is 0 Å². The normalized spacial score (nSPS) is 4.50. The summed E-state index contributed by atoms with van der Waals surface area (Å²) >= 11 is 2.07. The van der Waals surface area contributed by atoms with E-state index in [0.29, 0.717) is 0 Å². The van der Waals surface area contributed by atoms with E-state index in [1.807, 2.05) is 0 Å². The molecule has 0 aromatic heterocycles. The van der Waals surface area contributed by atoms with Gasteiger partial charge >= 0.3 is 26.2 Å². The van der Waals surface area contributed by atoms with Gasteiger partial charge in [-0.2, -0.15) is 0 Å². The Morgan fingerprint density at radius 2 is 1.75 bits per heavy atom. The molecule has 0 saturated heterocycles. The molecule has 0 saturated carbocycles. The molecule has 4 heavy (non-hydrogen) atoms. The molecule has 2 N–H and O–H groups in total. The van der Waals surface area contributed by atoms with Crippen LogP contribution in [-0.4, -0.2) is 30.8 Å². The maximum atomic E-state index is 4.83. The molecule has 0 aliphatic heterocycles. The third kappa shape index (κ3) is 9.56. The molecule has 0 aliphatic carbocycles. The van der Waals surface area contributed by atoms with E-state index in [-0.39, 0.29) is 26.2 Å². The van der Waals surface area contributed by atoms with Gasteiger partial charge in [0.05, 0.1) is 0 Å². The molecule has 0 bridgehead atoms. The van der Waals surface area contributed by atoms with Crippen LogP contribution in [0.3, 0.4) is 0 Å². The van der Waals surface area contributed by atoms with Gasteiger partial charge < -0.3 is 5.73 Å². The predicted molar refractivity (Wildman–Crippen MR) is 33.0 cm³/mol. The van der Waals surface area contributed by atoms with Crippen LogP contribution in [-0.2, 0) is 0 Å². The number of alkyl halides is 1. The fourth-order valence-electron chi connectivity index (χ4n) is 0. The van der Waals surface area contributed by atoms with E-state index in [1.54, 1.807) is 0 Å². The van der Waals surface area contributed by atoms with Crippen molar-refractivity contribution < 1.29 is 0 Å². The Morgan fingerprint density at radius 3 is 1.75 bits per heavy atom. The molecular formula is CH7BiIN. The summed E-state index contributed by atoms with van der Waals surface area (Å²) in [5.74, 6) is 0. The zero-order valence-electron chi connectivity index (χ0n) is 2.37. The SMILES string of the molecule is NCI.[BiH3]. The summed E-state index contributed by atoms with van der Waals surface area (Å²) in [4.78, 5) is 0. The van der Waals surface area contributed by atoms with Gasteiger partial charge in [-0.3, -0.25) is 0 Å². The molecule has 0 heterocycles. The van der Waals surface area contributed by atoms with Crippen LogP contribution in [0, 0.1) is 0 Å². The van der Waals surface area contributed by atoms with Crippen LogP contribution in [0.1, 0.15) is 0 Å². The molecule has 0 aromatic carbocycles. The van der Waals surface area contributed by atoms with Crippen LogP contribution in [0.25, 0.3) is 0 Å². The Hall–Kier alpha value is 1.57. The van der Waals surface area contributed by atoms with Gasteiger partial charge in [-0.15, -0.1) is 0 Å². The summed E-state index contributed by atoms with van der Waals surface area (Å²) in [5.41, 5.74) is 4.83. The minimum atomic E-state index is 0. The third-order valence-electron chi connectivity index (χ3n) is 0. The van der Waals surface area contributed by atoms with Crippen molar-refractivity contribution >= 4 is 48.8 Å². The van der Waals surface area contributed by atoms with Crippen LogP contribution in [0.2, 0.25) is 0 Å². The first-order chi connectivity index (χ1) is 1.41. The van der Waals surface area contributed by atoms with E-state index in [4.69, 9.17) is 5.73 Å². The molecule has 0 radical (unpaired) electrons. The van der Waals surface area contributed by atoms with Crippen LogP contribution < -0.4 is 5.73 Å². The Kier molecular flexibility index (Phi) is 20.1. The zero-order valence-corrected chi connectivity index (χ0v) is 10.0. The van der Waals surface area contributed by atoms with Crippen molar-refractivity contribution in [3.05, 3.63) is 0 Å². The number of hydrogen-bond donors (Lipinski definition) is 1. The quantitative estimate of drug-likeness (QED) is 0.256.